The molecule has 0 aliphatic carbocycles. The number of thiophene rings is 1. The molecule has 3 aromatic rings. The first-order valence-electron chi connectivity index (χ1n) is 5.43. The van der Waals surface area contributed by atoms with Gasteiger partial charge in [-0.3, -0.25) is 4.98 Å². The summed E-state index contributed by atoms with van der Waals surface area (Å²) in [6, 6.07) is 8.06. The van der Waals surface area contributed by atoms with E-state index in [1.165, 1.54) is 0 Å². The summed E-state index contributed by atoms with van der Waals surface area (Å²) in [5.41, 5.74) is 8.53. The van der Waals surface area contributed by atoms with Crippen LogP contribution in [0.25, 0.3) is 21.1 Å². The first kappa shape index (κ1) is 10.9. The molecule has 0 bridgehead atoms. The van der Waals surface area contributed by atoms with Crippen LogP contribution in [0.1, 0.15) is 5.56 Å². The number of hydrogen-bond acceptors (Lipinski definition) is 5. The Morgan fingerprint density at radius 3 is 2.61 bits per heavy atom. The largest absolute Gasteiger partial charge is 0.380 e. The van der Waals surface area contributed by atoms with E-state index in [4.69, 9.17) is 5.73 Å². The Hall–Kier alpha value is -2.21. The van der Waals surface area contributed by atoms with Crippen LogP contribution in [0.4, 0.5) is 5.82 Å². The van der Waals surface area contributed by atoms with Crippen LogP contribution in [0, 0.1) is 6.92 Å². The molecule has 5 nitrogen and oxygen atoms in total. The van der Waals surface area contributed by atoms with Gasteiger partial charge in [-0.15, -0.1) is 16.4 Å². The number of anilines is 1. The van der Waals surface area contributed by atoms with Crippen molar-refractivity contribution < 1.29 is 0 Å². The summed E-state index contributed by atoms with van der Waals surface area (Å²) < 4.78 is 0. The number of nitrogens with one attached hydrogen (secondary N) is 1. The van der Waals surface area contributed by atoms with E-state index in [0.29, 0.717) is 11.5 Å². The van der Waals surface area contributed by atoms with Crippen molar-refractivity contribution >= 4 is 17.2 Å². The van der Waals surface area contributed by atoms with Crippen molar-refractivity contribution in [1.29, 1.82) is 0 Å². The lowest BCUT2D eigenvalue weighted by atomic mass is 10.2. The zero-order valence-electron chi connectivity index (χ0n) is 9.71. The number of nitrogens with two attached hydrogens (primary N) is 1. The van der Waals surface area contributed by atoms with Crippen LogP contribution in [-0.4, -0.2) is 20.4 Å². The van der Waals surface area contributed by atoms with Gasteiger partial charge >= 0.3 is 0 Å². The molecule has 0 radical (unpaired) electrons. The quantitative estimate of drug-likeness (QED) is 0.739. The molecule has 0 amide bonds. The third-order valence-corrected chi connectivity index (χ3v) is 3.69. The summed E-state index contributed by atoms with van der Waals surface area (Å²) in [6.45, 7) is 2.02. The van der Waals surface area contributed by atoms with E-state index >= 15 is 0 Å². The fourth-order valence-electron chi connectivity index (χ4n) is 1.64. The van der Waals surface area contributed by atoms with E-state index in [-0.39, 0.29) is 0 Å². The van der Waals surface area contributed by atoms with Crippen LogP contribution in [-0.2, 0) is 0 Å². The molecule has 0 saturated carbocycles. The maximum atomic E-state index is 5.73. The van der Waals surface area contributed by atoms with Crippen LogP contribution in [0.2, 0.25) is 0 Å². The van der Waals surface area contributed by atoms with Crippen LogP contribution in [0.3, 0.4) is 0 Å². The Balaban J connectivity index is 1.99. The number of pyridine rings is 1. The number of rotatable bonds is 2. The van der Waals surface area contributed by atoms with E-state index in [1.807, 2.05) is 37.4 Å². The van der Waals surface area contributed by atoms with Gasteiger partial charge in [0.15, 0.2) is 5.82 Å². The topological polar surface area (TPSA) is 80.5 Å². The van der Waals surface area contributed by atoms with Gasteiger partial charge in [0.1, 0.15) is 5.69 Å². The van der Waals surface area contributed by atoms with Crippen molar-refractivity contribution in [3.05, 3.63) is 36.0 Å². The molecule has 3 rings (SSSR count). The number of aromatic nitrogens is 4. The molecule has 0 aliphatic rings. The predicted octanol–water partition coefficient (Wildman–Crippen LogP) is 2.49. The predicted molar refractivity (Wildman–Crippen MR) is 72.1 cm³/mol. The Bertz CT molecular complexity index is 668. The van der Waals surface area contributed by atoms with E-state index in [2.05, 4.69) is 20.4 Å². The summed E-state index contributed by atoms with van der Waals surface area (Å²) in [5.74, 6) is 0.417. The van der Waals surface area contributed by atoms with Gasteiger partial charge in [-0.05, 0) is 30.7 Å². The highest BCUT2D eigenvalue weighted by Gasteiger charge is 2.11. The number of nitrogens with zero attached hydrogens (tertiary/aromatic N) is 3. The Labute approximate surface area is 108 Å². The minimum Gasteiger partial charge on any atom is -0.380 e. The molecule has 3 heterocycles. The fraction of sp³-hybridized carbons (Fsp3) is 0.0833. The second-order valence-electron chi connectivity index (χ2n) is 3.94. The average Bonchev–Trinajstić information content (AvgIpc) is 2.98. The average molecular weight is 257 g/mol. The second-order valence-corrected chi connectivity index (χ2v) is 5.03. The Morgan fingerprint density at radius 2 is 1.94 bits per heavy atom. The van der Waals surface area contributed by atoms with Crippen molar-refractivity contribution in [3.63, 3.8) is 0 Å². The molecule has 0 unspecified atom stereocenters. The minimum absolute atomic E-state index is 0.417. The van der Waals surface area contributed by atoms with Gasteiger partial charge in [0.05, 0.1) is 15.4 Å². The van der Waals surface area contributed by atoms with Crippen LogP contribution in [0.5, 0.6) is 0 Å². The highest BCUT2D eigenvalue weighted by Crippen LogP contribution is 2.34. The lowest BCUT2D eigenvalue weighted by molar-refractivity contribution is 0.946. The fourth-order valence-corrected chi connectivity index (χ4v) is 2.62. The maximum absolute atomic E-state index is 5.73. The van der Waals surface area contributed by atoms with Crippen LogP contribution in [0.15, 0.2) is 30.5 Å². The van der Waals surface area contributed by atoms with Crippen LogP contribution >= 0.6 is 11.3 Å². The zero-order chi connectivity index (χ0) is 12.5. The molecule has 3 N–H and O–H groups in total. The minimum atomic E-state index is 0.417. The van der Waals surface area contributed by atoms with Crippen molar-refractivity contribution in [2.45, 2.75) is 6.92 Å². The summed E-state index contributed by atoms with van der Waals surface area (Å²) in [6.07, 6.45) is 1.86. The SMILES string of the molecule is Cc1ccc(-c2ccc(-c3n[nH]nc3N)s2)nc1. The highest BCUT2D eigenvalue weighted by atomic mass is 32.1. The third kappa shape index (κ3) is 1.86. The molecule has 18 heavy (non-hydrogen) atoms. The highest BCUT2D eigenvalue weighted by molar-refractivity contribution is 7.18. The number of aromatic amines is 1. The Morgan fingerprint density at radius 1 is 1.11 bits per heavy atom. The normalized spacial score (nSPS) is 10.7. The molecular formula is C12H11N5S. The van der Waals surface area contributed by atoms with Crippen molar-refractivity contribution in [3.8, 4) is 21.1 Å². The molecule has 0 aliphatic heterocycles. The van der Waals surface area contributed by atoms with Gasteiger partial charge in [0.25, 0.3) is 0 Å². The molecule has 0 spiro atoms. The van der Waals surface area contributed by atoms with E-state index in [0.717, 1.165) is 21.0 Å². The number of nitrogen functional groups attached to an aromatic ring is 1. The van der Waals surface area contributed by atoms with Crippen molar-refractivity contribution in [1.82, 2.24) is 20.4 Å². The first-order valence-corrected chi connectivity index (χ1v) is 6.25. The maximum Gasteiger partial charge on any atom is 0.174 e. The lowest BCUT2D eigenvalue weighted by Gasteiger charge is -1.96. The summed E-state index contributed by atoms with van der Waals surface area (Å²) in [5, 5.41) is 10.4. The molecule has 6 heteroatoms. The van der Waals surface area contributed by atoms with Gasteiger partial charge < -0.3 is 5.73 Å². The summed E-state index contributed by atoms with van der Waals surface area (Å²) in [4.78, 5) is 6.48. The summed E-state index contributed by atoms with van der Waals surface area (Å²) in [7, 11) is 0. The lowest BCUT2D eigenvalue weighted by Crippen LogP contribution is -1.86. The smallest absolute Gasteiger partial charge is 0.174 e. The Kier molecular flexibility index (Phi) is 2.56. The van der Waals surface area contributed by atoms with Gasteiger partial charge in [-0.25, -0.2) is 0 Å². The molecule has 3 aromatic heterocycles. The van der Waals surface area contributed by atoms with Crippen molar-refractivity contribution in [2.24, 2.45) is 0 Å². The third-order valence-electron chi connectivity index (χ3n) is 2.58. The summed E-state index contributed by atoms with van der Waals surface area (Å²) >= 11 is 1.60. The number of aryl methyl sites for hydroxylation is 1. The van der Waals surface area contributed by atoms with Gasteiger partial charge in [-0.2, -0.15) is 10.3 Å². The van der Waals surface area contributed by atoms with Crippen molar-refractivity contribution in [2.75, 3.05) is 5.73 Å². The van der Waals surface area contributed by atoms with Gasteiger partial charge in [-0.1, -0.05) is 6.07 Å². The van der Waals surface area contributed by atoms with E-state index in [9.17, 15) is 0 Å². The zero-order valence-corrected chi connectivity index (χ0v) is 10.5. The van der Waals surface area contributed by atoms with Gasteiger partial charge in [0, 0.05) is 6.20 Å². The number of H-pyrrole nitrogens is 1. The molecule has 90 valence electrons. The molecule has 0 atom stereocenters. The van der Waals surface area contributed by atoms with E-state index < -0.39 is 0 Å². The standard InChI is InChI=1S/C12H11N5S/c1-7-2-3-8(14-6-7)9-4-5-10(18-9)11-12(13)16-17-15-11/h2-6H,1H3,(H3,13,15,16,17). The molecule has 0 saturated heterocycles. The van der Waals surface area contributed by atoms with Crippen LogP contribution < -0.4 is 5.73 Å². The molecule has 0 aromatic carbocycles. The van der Waals surface area contributed by atoms with E-state index in [1.54, 1.807) is 11.3 Å². The first-order chi connectivity index (χ1) is 8.74. The number of hydrogen-bond donors (Lipinski definition) is 2. The monoisotopic (exact) mass is 257 g/mol. The molecular weight excluding hydrogens is 246 g/mol. The second kappa shape index (κ2) is 4.23. The molecule has 0 fully saturated rings. The van der Waals surface area contributed by atoms with Gasteiger partial charge in [0.2, 0.25) is 0 Å².